The summed E-state index contributed by atoms with van der Waals surface area (Å²) in [7, 11) is 0. The van der Waals surface area contributed by atoms with E-state index in [-0.39, 0.29) is 28.7 Å². The first-order valence-corrected chi connectivity index (χ1v) is 13.1. The van der Waals surface area contributed by atoms with E-state index < -0.39 is 12.1 Å². The van der Waals surface area contributed by atoms with Gasteiger partial charge >= 0.3 is 6.18 Å². The summed E-state index contributed by atoms with van der Waals surface area (Å²) in [6.45, 7) is 6.14. The first kappa shape index (κ1) is 26.2. The molecule has 0 spiro atoms. The summed E-state index contributed by atoms with van der Waals surface area (Å²) in [6, 6.07) is 6.00. The molecule has 2 aliphatic rings. The zero-order chi connectivity index (χ0) is 25.9. The summed E-state index contributed by atoms with van der Waals surface area (Å²) in [5.74, 6) is 0.240. The van der Waals surface area contributed by atoms with Crippen LogP contribution in [0.15, 0.2) is 18.2 Å². The number of benzene rings is 1. The van der Waals surface area contributed by atoms with Crippen molar-refractivity contribution < 1.29 is 13.2 Å². The maximum atomic E-state index is 14.1. The van der Waals surface area contributed by atoms with Crippen molar-refractivity contribution in [2.24, 2.45) is 5.41 Å². The van der Waals surface area contributed by atoms with Crippen LogP contribution in [0.3, 0.4) is 0 Å². The Labute approximate surface area is 211 Å². The van der Waals surface area contributed by atoms with Gasteiger partial charge < -0.3 is 10.6 Å². The SMILES string of the molecule is CCc1nc2c(c(N3CCCCCC3)n1)CCC(C)(CCC(c1ccc(N)c(C#N)c1)C(F)(F)F)C2. The molecule has 2 N–H and O–H groups in total. The fourth-order valence-electron chi connectivity index (χ4n) is 5.70. The lowest BCUT2D eigenvalue weighted by atomic mass is 9.70. The minimum atomic E-state index is -4.40. The lowest BCUT2D eigenvalue weighted by Crippen LogP contribution is -2.33. The van der Waals surface area contributed by atoms with Crippen molar-refractivity contribution in [3.63, 3.8) is 0 Å². The van der Waals surface area contributed by atoms with Crippen LogP contribution in [0.25, 0.3) is 0 Å². The van der Waals surface area contributed by atoms with Gasteiger partial charge in [0.25, 0.3) is 0 Å². The molecule has 2 unspecified atom stereocenters. The number of anilines is 2. The van der Waals surface area contributed by atoms with Crippen LogP contribution in [0.1, 0.15) is 92.9 Å². The molecule has 1 aromatic heterocycles. The number of halogens is 3. The van der Waals surface area contributed by atoms with E-state index in [1.165, 1.54) is 36.6 Å². The molecule has 2 atom stereocenters. The quantitative estimate of drug-likeness (QED) is 0.459. The van der Waals surface area contributed by atoms with E-state index in [1.54, 1.807) is 0 Å². The molecular weight excluding hydrogens is 463 g/mol. The Morgan fingerprint density at radius 1 is 1.17 bits per heavy atom. The summed E-state index contributed by atoms with van der Waals surface area (Å²) in [5, 5.41) is 9.24. The Bertz CT molecular complexity index is 1120. The van der Waals surface area contributed by atoms with Gasteiger partial charge in [-0.15, -0.1) is 0 Å². The highest BCUT2D eigenvalue weighted by atomic mass is 19.4. The summed E-state index contributed by atoms with van der Waals surface area (Å²) in [5.41, 5.74) is 8.06. The van der Waals surface area contributed by atoms with Crippen LogP contribution in [-0.2, 0) is 19.3 Å². The zero-order valence-corrected chi connectivity index (χ0v) is 21.3. The average molecular weight is 500 g/mol. The Hall–Kier alpha value is -2.82. The van der Waals surface area contributed by atoms with E-state index in [1.807, 2.05) is 13.0 Å². The molecule has 0 saturated carbocycles. The van der Waals surface area contributed by atoms with Gasteiger partial charge in [0.2, 0.25) is 0 Å². The van der Waals surface area contributed by atoms with E-state index >= 15 is 0 Å². The van der Waals surface area contributed by atoms with Crippen LogP contribution in [0, 0.1) is 16.7 Å². The molecule has 0 amide bonds. The first-order valence-electron chi connectivity index (χ1n) is 13.1. The summed E-state index contributed by atoms with van der Waals surface area (Å²) < 4.78 is 42.3. The Morgan fingerprint density at radius 3 is 2.53 bits per heavy atom. The third-order valence-electron chi connectivity index (χ3n) is 7.94. The van der Waals surface area contributed by atoms with Crippen molar-refractivity contribution >= 4 is 11.5 Å². The molecule has 5 nitrogen and oxygen atoms in total. The third-order valence-corrected chi connectivity index (χ3v) is 7.94. The largest absolute Gasteiger partial charge is 0.398 e. The van der Waals surface area contributed by atoms with Gasteiger partial charge in [-0.05, 0) is 68.1 Å². The lowest BCUT2D eigenvalue weighted by Gasteiger charge is -2.37. The van der Waals surface area contributed by atoms with Crippen molar-refractivity contribution in [1.82, 2.24) is 9.97 Å². The number of nitriles is 1. The van der Waals surface area contributed by atoms with Gasteiger partial charge in [-0.3, -0.25) is 0 Å². The summed E-state index contributed by atoms with van der Waals surface area (Å²) in [4.78, 5) is 12.2. The number of nitrogens with zero attached hydrogens (tertiary/aromatic N) is 4. The van der Waals surface area contributed by atoms with Gasteiger partial charge in [-0.2, -0.15) is 18.4 Å². The van der Waals surface area contributed by atoms with Crippen LogP contribution in [0.2, 0.25) is 0 Å². The van der Waals surface area contributed by atoms with Gasteiger partial charge in [0.15, 0.2) is 0 Å². The highest BCUT2D eigenvalue weighted by Gasteiger charge is 2.43. The molecule has 1 aromatic carbocycles. The van der Waals surface area contributed by atoms with Gasteiger partial charge in [-0.1, -0.05) is 32.8 Å². The number of alkyl halides is 3. The molecule has 0 bridgehead atoms. The summed E-state index contributed by atoms with van der Waals surface area (Å²) in [6.07, 6.45) is 3.80. The number of rotatable bonds is 6. The molecule has 0 radical (unpaired) electrons. The highest BCUT2D eigenvalue weighted by molar-refractivity contribution is 5.56. The van der Waals surface area contributed by atoms with Gasteiger partial charge in [0.05, 0.1) is 11.5 Å². The lowest BCUT2D eigenvalue weighted by molar-refractivity contribution is -0.153. The van der Waals surface area contributed by atoms with Crippen LogP contribution < -0.4 is 10.6 Å². The number of hydrogen-bond acceptors (Lipinski definition) is 5. The number of fused-ring (bicyclic) bond motifs is 1. The van der Waals surface area contributed by atoms with Crippen molar-refractivity contribution in [1.29, 1.82) is 5.26 Å². The second-order valence-electron chi connectivity index (χ2n) is 10.7. The molecule has 36 heavy (non-hydrogen) atoms. The second kappa shape index (κ2) is 10.7. The molecule has 8 heteroatoms. The first-order chi connectivity index (χ1) is 17.1. The standard InChI is InChI=1S/C28H36F3N5/c1-3-25-34-24-17-27(2,12-10-21(24)26(35-25)36-14-6-4-5-7-15-36)13-11-22(28(29,30)31)19-8-9-23(33)20(16-19)18-32/h8-9,16,22H,3-7,10-15,17,33H2,1-2H3. The van der Waals surface area contributed by atoms with E-state index in [4.69, 9.17) is 15.7 Å². The molecule has 1 fully saturated rings. The predicted molar refractivity (Wildman–Crippen MR) is 136 cm³/mol. The fourth-order valence-corrected chi connectivity index (χ4v) is 5.70. The van der Waals surface area contributed by atoms with Crippen LogP contribution in [-0.4, -0.2) is 29.2 Å². The molecule has 194 valence electrons. The van der Waals surface area contributed by atoms with Crippen LogP contribution >= 0.6 is 0 Å². The molecule has 1 aliphatic heterocycles. The van der Waals surface area contributed by atoms with Crippen LogP contribution in [0.4, 0.5) is 24.7 Å². The second-order valence-corrected chi connectivity index (χ2v) is 10.7. The smallest absolute Gasteiger partial charge is 0.395 e. The van der Waals surface area contributed by atoms with E-state index in [0.717, 1.165) is 62.5 Å². The topological polar surface area (TPSA) is 78.8 Å². The minimum absolute atomic E-state index is 0.0329. The molecule has 1 aliphatic carbocycles. The van der Waals surface area contributed by atoms with Gasteiger partial charge in [0, 0.05) is 36.5 Å². The van der Waals surface area contributed by atoms with Crippen LogP contribution in [0.5, 0.6) is 0 Å². The molecule has 1 saturated heterocycles. The Morgan fingerprint density at radius 2 is 1.89 bits per heavy atom. The molecule has 2 aromatic rings. The van der Waals surface area contributed by atoms with Gasteiger partial charge in [-0.25, -0.2) is 9.97 Å². The van der Waals surface area contributed by atoms with Crippen molar-refractivity contribution in [2.45, 2.75) is 90.1 Å². The average Bonchev–Trinajstić information content (AvgIpc) is 3.13. The predicted octanol–water partition coefficient (Wildman–Crippen LogP) is 6.49. The number of aryl methyl sites for hydroxylation is 1. The summed E-state index contributed by atoms with van der Waals surface area (Å²) >= 11 is 0. The Balaban J connectivity index is 1.57. The van der Waals surface area contributed by atoms with Crippen molar-refractivity contribution in [2.75, 3.05) is 23.7 Å². The maximum Gasteiger partial charge on any atom is 0.395 e. The minimum Gasteiger partial charge on any atom is -0.398 e. The number of hydrogen-bond donors (Lipinski definition) is 1. The maximum absolute atomic E-state index is 14.1. The fraction of sp³-hybridized carbons (Fsp3) is 0.607. The van der Waals surface area contributed by atoms with E-state index in [0.29, 0.717) is 12.8 Å². The zero-order valence-electron chi connectivity index (χ0n) is 21.3. The van der Waals surface area contributed by atoms with E-state index in [2.05, 4.69) is 11.8 Å². The highest BCUT2D eigenvalue weighted by Crippen LogP contribution is 2.46. The molecule has 2 heterocycles. The van der Waals surface area contributed by atoms with Crippen molar-refractivity contribution in [3.8, 4) is 6.07 Å². The molecule has 4 rings (SSSR count). The monoisotopic (exact) mass is 499 g/mol. The third kappa shape index (κ3) is 5.77. The Kier molecular flexibility index (Phi) is 7.77. The van der Waals surface area contributed by atoms with E-state index in [9.17, 15) is 18.4 Å². The molecular formula is C28H36F3N5. The normalized spacial score (nSPS) is 21.4. The van der Waals surface area contributed by atoms with Crippen molar-refractivity contribution in [3.05, 3.63) is 46.4 Å². The number of nitrogen functional groups attached to an aromatic ring is 1. The number of aromatic nitrogens is 2. The number of nitrogens with two attached hydrogens (primary N) is 1. The van der Waals surface area contributed by atoms with Gasteiger partial charge in [0.1, 0.15) is 17.7 Å².